The normalized spacial score (nSPS) is 14.4. The van der Waals surface area contributed by atoms with E-state index < -0.39 is 0 Å². The molecule has 0 N–H and O–H groups in total. The third-order valence-corrected chi connectivity index (χ3v) is 4.42. The van der Waals surface area contributed by atoms with Gasteiger partial charge in [0.25, 0.3) is 0 Å². The van der Waals surface area contributed by atoms with Crippen molar-refractivity contribution >= 4 is 22.8 Å². The van der Waals surface area contributed by atoms with Crippen LogP contribution in [0.3, 0.4) is 0 Å². The Morgan fingerprint density at radius 3 is 2.54 bits per heavy atom. The highest BCUT2D eigenvalue weighted by Crippen LogP contribution is 2.30. The predicted octanol–water partition coefficient (Wildman–Crippen LogP) is 2.92. The summed E-state index contributed by atoms with van der Waals surface area (Å²) in [6, 6.07) is 15.3. The minimum Gasteiger partial charge on any atom is -0.465 e. The van der Waals surface area contributed by atoms with Crippen LogP contribution in [0.1, 0.15) is 10.4 Å². The largest absolute Gasteiger partial charge is 0.465 e. The fraction of sp³-hybridized carbons (Fsp3) is 0.250. The maximum Gasteiger partial charge on any atom is 0.337 e. The van der Waals surface area contributed by atoms with Crippen LogP contribution in [-0.2, 0) is 9.47 Å². The van der Waals surface area contributed by atoms with Crippen LogP contribution in [0.5, 0.6) is 0 Å². The van der Waals surface area contributed by atoms with Crippen LogP contribution in [0, 0.1) is 0 Å². The lowest BCUT2D eigenvalue weighted by atomic mass is 10.1. The highest BCUT2D eigenvalue weighted by Gasteiger charge is 2.20. The van der Waals surface area contributed by atoms with Crippen LogP contribution in [0.15, 0.2) is 48.5 Å². The maximum atomic E-state index is 11.8. The van der Waals surface area contributed by atoms with Crippen LogP contribution in [-0.4, -0.2) is 49.4 Å². The molecule has 0 aliphatic carbocycles. The summed E-state index contributed by atoms with van der Waals surface area (Å²) in [5.74, 6) is 0.433. The molecule has 3 aromatic rings. The van der Waals surface area contributed by atoms with Crippen LogP contribution < -0.4 is 4.90 Å². The molecule has 1 saturated heterocycles. The number of anilines is 1. The van der Waals surface area contributed by atoms with E-state index in [1.807, 2.05) is 36.4 Å². The van der Waals surface area contributed by atoms with Crippen molar-refractivity contribution in [3.8, 4) is 11.3 Å². The van der Waals surface area contributed by atoms with Gasteiger partial charge in [-0.2, -0.15) is 0 Å². The van der Waals surface area contributed by atoms with E-state index in [0.717, 1.165) is 35.7 Å². The van der Waals surface area contributed by atoms with Crippen molar-refractivity contribution in [2.75, 3.05) is 38.3 Å². The fourth-order valence-electron chi connectivity index (χ4n) is 3.08. The van der Waals surface area contributed by atoms with Gasteiger partial charge in [-0.3, -0.25) is 0 Å². The molecule has 0 unspecified atom stereocenters. The van der Waals surface area contributed by atoms with Crippen LogP contribution in [0.25, 0.3) is 22.3 Å². The highest BCUT2D eigenvalue weighted by molar-refractivity contribution is 5.94. The number of benzene rings is 2. The third-order valence-electron chi connectivity index (χ3n) is 4.42. The average Bonchev–Trinajstić information content (AvgIpc) is 2.73. The van der Waals surface area contributed by atoms with Gasteiger partial charge in [0, 0.05) is 18.7 Å². The SMILES string of the molecule is COC(=O)c1ccc2nc(-c3ccccc3)c(N3CCOCC3)nc2c1. The summed E-state index contributed by atoms with van der Waals surface area (Å²) in [6.45, 7) is 2.85. The van der Waals surface area contributed by atoms with Crippen molar-refractivity contribution in [2.24, 2.45) is 0 Å². The Morgan fingerprint density at radius 1 is 1.04 bits per heavy atom. The molecule has 0 radical (unpaired) electrons. The van der Waals surface area contributed by atoms with E-state index in [4.69, 9.17) is 19.4 Å². The first kappa shape index (κ1) is 16.5. The summed E-state index contributed by atoms with van der Waals surface area (Å²) < 4.78 is 10.3. The minimum atomic E-state index is -0.381. The van der Waals surface area contributed by atoms with Crippen LogP contribution in [0.2, 0.25) is 0 Å². The van der Waals surface area contributed by atoms with Gasteiger partial charge in [-0.15, -0.1) is 0 Å². The molecule has 1 aliphatic heterocycles. The topological polar surface area (TPSA) is 64.5 Å². The van der Waals surface area contributed by atoms with E-state index in [2.05, 4.69) is 4.90 Å². The lowest BCUT2D eigenvalue weighted by molar-refractivity contribution is 0.0601. The Morgan fingerprint density at radius 2 is 1.81 bits per heavy atom. The van der Waals surface area contributed by atoms with E-state index in [9.17, 15) is 4.79 Å². The molecule has 2 heterocycles. The van der Waals surface area contributed by atoms with Gasteiger partial charge < -0.3 is 14.4 Å². The Balaban J connectivity index is 1.89. The molecule has 0 atom stereocenters. The van der Waals surface area contributed by atoms with Gasteiger partial charge in [0.1, 0.15) is 5.69 Å². The lowest BCUT2D eigenvalue weighted by Crippen LogP contribution is -2.37. The summed E-state index contributed by atoms with van der Waals surface area (Å²) in [4.78, 5) is 23.7. The molecule has 0 saturated carbocycles. The van der Waals surface area contributed by atoms with Crippen molar-refractivity contribution in [2.45, 2.75) is 0 Å². The van der Waals surface area contributed by atoms with Gasteiger partial charge in [-0.25, -0.2) is 14.8 Å². The molecule has 1 aliphatic rings. The molecule has 0 amide bonds. The number of hydrogen-bond donors (Lipinski definition) is 0. The summed E-state index contributed by atoms with van der Waals surface area (Å²) in [7, 11) is 1.37. The van der Waals surface area contributed by atoms with E-state index in [-0.39, 0.29) is 5.97 Å². The first-order chi connectivity index (χ1) is 12.8. The first-order valence-corrected chi connectivity index (χ1v) is 8.54. The average molecular weight is 349 g/mol. The molecule has 4 rings (SSSR count). The number of rotatable bonds is 3. The lowest BCUT2D eigenvalue weighted by Gasteiger charge is -2.29. The second-order valence-electron chi connectivity index (χ2n) is 6.06. The number of carbonyl (C=O) groups is 1. The second kappa shape index (κ2) is 7.09. The molecule has 2 aromatic carbocycles. The van der Waals surface area contributed by atoms with Crippen LogP contribution in [0.4, 0.5) is 5.82 Å². The van der Waals surface area contributed by atoms with Gasteiger partial charge in [-0.05, 0) is 18.2 Å². The standard InChI is InChI=1S/C20H19N3O3/c1-25-20(24)15-7-8-16-17(13-15)22-19(23-9-11-26-12-10-23)18(21-16)14-5-3-2-4-6-14/h2-8,13H,9-12H2,1H3. The van der Waals surface area contributed by atoms with E-state index in [1.165, 1.54) is 7.11 Å². The fourth-order valence-corrected chi connectivity index (χ4v) is 3.08. The van der Waals surface area contributed by atoms with Gasteiger partial charge in [-0.1, -0.05) is 30.3 Å². The summed E-state index contributed by atoms with van der Waals surface area (Å²) in [5, 5.41) is 0. The van der Waals surface area contributed by atoms with Crippen molar-refractivity contribution in [3.63, 3.8) is 0 Å². The monoisotopic (exact) mass is 349 g/mol. The predicted molar refractivity (Wildman–Crippen MR) is 99.3 cm³/mol. The van der Waals surface area contributed by atoms with Crippen molar-refractivity contribution < 1.29 is 14.3 Å². The Hall–Kier alpha value is -2.99. The van der Waals surface area contributed by atoms with Crippen molar-refractivity contribution in [1.29, 1.82) is 0 Å². The number of hydrogen-bond acceptors (Lipinski definition) is 6. The van der Waals surface area contributed by atoms with Crippen LogP contribution >= 0.6 is 0 Å². The number of aromatic nitrogens is 2. The van der Waals surface area contributed by atoms with E-state index >= 15 is 0 Å². The number of nitrogens with zero attached hydrogens (tertiary/aromatic N) is 3. The Kier molecular flexibility index (Phi) is 4.50. The molecular weight excluding hydrogens is 330 g/mol. The molecule has 26 heavy (non-hydrogen) atoms. The molecular formula is C20H19N3O3. The number of methoxy groups -OCH3 is 1. The second-order valence-corrected chi connectivity index (χ2v) is 6.06. The first-order valence-electron chi connectivity index (χ1n) is 8.54. The number of esters is 1. The minimum absolute atomic E-state index is 0.381. The maximum absolute atomic E-state index is 11.8. The molecule has 6 nitrogen and oxygen atoms in total. The Labute approximate surface area is 151 Å². The summed E-state index contributed by atoms with van der Waals surface area (Å²) in [6.07, 6.45) is 0. The van der Waals surface area contributed by atoms with Gasteiger partial charge >= 0.3 is 5.97 Å². The Bertz CT molecular complexity index is 938. The molecule has 6 heteroatoms. The van der Waals surface area contributed by atoms with E-state index in [0.29, 0.717) is 24.3 Å². The molecule has 0 spiro atoms. The smallest absolute Gasteiger partial charge is 0.337 e. The number of ether oxygens (including phenoxy) is 2. The molecule has 132 valence electrons. The third kappa shape index (κ3) is 3.11. The summed E-state index contributed by atoms with van der Waals surface area (Å²) in [5.41, 5.74) is 3.74. The number of fused-ring (bicyclic) bond motifs is 1. The van der Waals surface area contributed by atoms with Gasteiger partial charge in [0.15, 0.2) is 5.82 Å². The zero-order valence-corrected chi connectivity index (χ0v) is 14.5. The quantitative estimate of drug-likeness (QED) is 0.678. The molecule has 0 bridgehead atoms. The highest BCUT2D eigenvalue weighted by atomic mass is 16.5. The van der Waals surface area contributed by atoms with Gasteiger partial charge in [0.2, 0.25) is 0 Å². The number of morpholine rings is 1. The summed E-state index contributed by atoms with van der Waals surface area (Å²) >= 11 is 0. The van der Waals surface area contributed by atoms with Gasteiger partial charge in [0.05, 0.1) is 36.9 Å². The zero-order valence-electron chi connectivity index (χ0n) is 14.5. The zero-order chi connectivity index (χ0) is 17.9. The molecule has 1 aromatic heterocycles. The number of carbonyl (C=O) groups excluding carboxylic acids is 1. The van der Waals surface area contributed by atoms with Crippen molar-refractivity contribution in [3.05, 3.63) is 54.1 Å². The van der Waals surface area contributed by atoms with E-state index in [1.54, 1.807) is 12.1 Å². The van der Waals surface area contributed by atoms with Crippen molar-refractivity contribution in [1.82, 2.24) is 9.97 Å². The molecule has 1 fully saturated rings.